The lowest BCUT2D eigenvalue weighted by molar-refractivity contribution is -0.143. The Morgan fingerprint density at radius 2 is 1.90 bits per heavy atom. The van der Waals surface area contributed by atoms with E-state index in [1.165, 1.54) is 0 Å². The predicted octanol–water partition coefficient (Wildman–Crippen LogP) is 1.86. The molecule has 5 nitrogen and oxygen atoms in total. The number of hydrogen-bond acceptors (Lipinski definition) is 3. The average molecular weight is 314 g/mol. The molecule has 0 heterocycles. The van der Waals surface area contributed by atoms with Crippen molar-refractivity contribution < 1.29 is 19.8 Å². The van der Waals surface area contributed by atoms with Gasteiger partial charge in [0.05, 0.1) is 0 Å². The molecule has 116 valence electrons. The number of nitrogens with one attached hydrogen (secondary N) is 1. The summed E-state index contributed by atoms with van der Waals surface area (Å²) >= 11 is 5.99. The molecular formula is C15H20ClNO4. The fraction of sp³-hybridized carbons (Fsp3) is 0.467. The van der Waals surface area contributed by atoms with Crippen LogP contribution in [0.2, 0.25) is 5.02 Å². The highest BCUT2D eigenvalue weighted by atomic mass is 35.5. The Morgan fingerprint density at radius 3 is 2.43 bits per heavy atom. The molecule has 21 heavy (non-hydrogen) atoms. The summed E-state index contributed by atoms with van der Waals surface area (Å²) in [6.45, 7) is 3.74. The number of aliphatic carboxylic acids is 1. The van der Waals surface area contributed by atoms with Gasteiger partial charge in [0.1, 0.15) is 12.1 Å². The van der Waals surface area contributed by atoms with Crippen LogP contribution in [0.25, 0.3) is 0 Å². The third kappa shape index (κ3) is 5.73. The maximum absolute atomic E-state index is 11.8. The van der Waals surface area contributed by atoms with Crippen molar-refractivity contribution in [2.24, 2.45) is 5.92 Å². The predicted molar refractivity (Wildman–Crippen MR) is 80.2 cm³/mol. The number of carbonyl (C=O) groups excluding carboxylic acids is 1. The number of carboxylic acid groups (broad SMARTS) is 1. The molecule has 0 aliphatic rings. The number of aliphatic hydroxyl groups is 1. The van der Waals surface area contributed by atoms with Gasteiger partial charge in [-0.3, -0.25) is 4.79 Å². The number of carboxylic acids is 1. The van der Waals surface area contributed by atoms with Crippen LogP contribution in [0.15, 0.2) is 24.3 Å². The second-order valence-electron chi connectivity index (χ2n) is 5.34. The van der Waals surface area contributed by atoms with Gasteiger partial charge in [-0.2, -0.15) is 0 Å². The Labute approximate surface area is 128 Å². The first kappa shape index (κ1) is 17.5. The van der Waals surface area contributed by atoms with Gasteiger partial charge < -0.3 is 15.5 Å². The smallest absolute Gasteiger partial charge is 0.326 e. The molecular weight excluding hydrogens is 294 g/mol. The molecule has 0 bridgehead atoms. The van der Waals surface area contributed by atoms with Crippen molar-refractivity contribution in [2.75, 3.05) is 0 Å². The quantitative estimate of drug-likeness (QED) is 0.717. The van der Waals surface area contributed by atoms with Crippen molar-refractivity contribution in [1.82, 2.24) is 5.32 Å². The SMILES string of the molecule is CC(C)C[C@@H](O)C(=O)N[C@@H](Cc1ccccc1Cl)C(=O)O. The number of aliphatic hydroxyl groups excluding tert-OH is 1. The third-order valence-corrected chi connectivity index (χ3v) is 3.36. The highest BCUT2D eigenvalue weighted by Crippen LogP contribution is 2.17. The van der Waals surface area contributed by atoms with E-state index in [1.807, 2.05) is 13.8 Å². The van der Waals surface area contributed by atoms with Crippen molar-refractivity contribution in [2.45, 2.75) is 38.8 Å². The molecule has 6 heteroatoms. The van der Waals surface area contributed by atoms with Crippen molar-refractivity contribution >= 4 is 23.5 Å². The first-order valence-corrected chi connectivity index (χ1v) is 7.13. The maximum atomic E-state index is 11.8. The van der Waals surface area contributed by atoms with Crippen LogP contribution in [-0.4, -0.2) is 34.2 Å². The van der Waals surface area contributed by atoms with Crippen LogP contribution in [0.1, 0.15) is 25.8 Å². The molecule has 1 aromatic rings. The average Bonchev–Trinajstić information content (AvgIpc) is 2.39. The Hall–Kier alpha value is -1.59. The van der Waals surface area contributed by atoms with E-state index in [0.29, 0.717) is 10.6 Å². The van der Waals surface area contributed by atoms with Crippen LogP contribution < -0.4 is 5.32 Å². The summed E-state index contributed by atoms with van der Waals surface area (Å²) < 4.78 is 0. The topological polar surface area (TPSA) is 86.6 Å². The summed E-state index contributed by atoms with van der Waals surface area (Å²) in [5, 5.41) is 21.7. The van der Waals surface area contributed by atoms with Crippen molar-refractivity contribution in [3.05, 3.63) is 34.9 Å². The Bertz CT molecular complexity index is 504. The molecule has 1 aromatic carbocycles. The minimum absolute atomic E-state index is 0.0646. The van der Waals surface area contributed by atoms with E-state index in [2.05, 4.69) is 5.32 Å². The number of benzene rings is 1. The van der Waals surface area contributed by atoms with Crippen LogP contribution in [0.3, 0.4) is 0 Å². The van der Waals surface area contributed by atoms with E-state index < -0.39 is 24.0 Å². The monoisotopic (exact) mass is 313 g/mol. The highest BCUT2D eigenvalue weighted by molar-refractivity contribution is 6.31. The van der Waals surface area contributed by atoms with Crippen LogP contribution in [0.4, 0.5) is 0 Å². The van der Waals surface area contributed by atoms with Gasteiger partial charge >= 0.3 is 5.97 Å². The fourth-order valence-corrected chi connectivity index (χ4v) is 2.12. The van der Waals surface area contributed by atoms with E-state index in [-0.39, 0.29) is 18.8 Å². The molecule has 0 aromatic heterocycles. The summed E-state index contributed by atoms with van der Waals surface area (Å²) in [4.78, 5) is 23.1. The fourth-order valence-electron chi connectivity index (χ4n) is 1.91. The van der Waals surface area contributed by atoms with Gasteiger partial charge in [0.15, 0.2) is 0 Å². The van der Waals surface area contributed by atoms with Crippen molar-refractivity contribution in [3.8, 4) is 0 Å². The maximum Gasteiger partial charge on any atom is 0.326 e. The van der Waals surface area contributed by atoms with Gasteiger partial charge in [-0.05, 0) is 24.0 Å². The summed E-state index contributed by atoms with van der Waals surface area (Å²) in [6.07, 6.45) is -0.863. The minimum atomic E-state index is -1.21. The molecule has 0 saturated carbocycles. The third-order valence-electron chi connectivity index (χ3n) is 2.99. The van der Waals surface area contributed by atoms with Crippen LogP contribution in [-0.2, 0) is 16.0 Å². The van der Waals surface area contributed by atoms with E-state index in [1.54, 1.807) is 24.3 Å². The number of hydrogen-bond donors (Lipinski definition) is 3. The van der Waals surface area contributed by atoms with Crippen molar-refractivity contribution in [1.29, 1.82) is 0 Å². The zero-order valence-electron chi connectivity index (χ0n) is 12.0. The van der Waals surface area contributed by atoms with Crippen molar-refractivity contribution in [3.63, 3.8) is 0 Å². The van der Waals surface area contributed by atoms with E-state index >= 15 is 0 Å². The van der Waals surface area contributed by atoms with Gasteiger partial charge in [0.25, 0.3) is 0 Å². The molecule has 3 N–H and O–H groups in total. The first-order valence-electron chi connectivity index (χ1n) is 6.76. The molecule has 1 amide bonds. The minimum Gasteiger partial charge on any atom is -0.480 e. The van der Waals surface area contributed by atoms with Crippen LogP contribution >= 0.6 is 11.6 Å². The normalized spacial score (nSPS) is 13.8. The van der Waals surface area contributed by atoms with Crippen LogP contribution in [0, 0.1) is 5.92 Å². The highest BCUT2D eigenvalue weighted by Gasteiger charge is 2.25. The number of carbonyl (C=O) groups is 2. The summed E-state index contributed by atoms with van der Waals surface area (Å²) in [6, 6.07) is 5.72. The molecule has 0 saturated heterocycles. The zero-order chi connectivity index (χ0) is 16.0. The first-order chi connectivity index (χ1) is 9.81. The standard InChI is InChI=1S/C15H20ClNO4/c1-9(2)7-13(18)14(19)17-12(15(20)21)8-10-5-3-4-6-11(10)16/h3-6,9,12-13,18H,7-8H2,1-2H3,(H,17,19)(H,20,21)/t12-,13+/m0/s1. The lowest BCUT2D eigenvalue weighted by atomic mass is 10.0. The summed E-state index contributed by atoms with van der Waals surface area (Å²) in [5.74, 6) is -1.71. The second kappa shape index (κ2) is 8.00. The molecule has 2 atom stereocenters. The summed E-state index contributed by atoms with van der Waals surface area (Å²) in [5.41, 5.74) is 0.630. The van der Waals surface area contributed by atoms with E-state index in [9.17, 15) is 19.8 Å². The molecule has 1 rings (SSSR count). The number of amides is 1. The van der Waals surface area contributed by atoms with Crippen LogP contribution in [0.5, 0.6) is 0 Å². The molecule has 0 radical (unpaired) electrons. The van der Waals surface area contributed by atoms with Gasteiger partial charge in [-0.15, -0.1) is 0 Å². The van der Waals surface area contributed by atoms with Gasteiger partial charge in [-0.25, -0.2) is 4.79 Å². The van der Waals surface area contributed by atoms with E-state index in [4.69, 9.17) is 11.6 Å². The van der Waals surface area contributed by atoms with Gasteiger partial charge in [-0.1, -0.05) is 43.6 Å². The molecule has 0 aliphatic carbocycles. The summed E-state index contributed by atoms with van der Waals surface area (Å²) in [7, 11) is 0. The Balaban J connectivity index is 2.73. The Morgan fingerprint density at radius 1 is 1.29 bits per heavy atom. The number of rotatable bonds is 7. The molecule has 0 fully saturated rings. The van der Waals surface area contributed by atoms with E-state index in [0.717, 1.165) is 0 Å². The number of halogens is 1. The largest absolute Gasteiger partial charge is 0.480 e. The lowest BCUT2D eigenvalue weighted by Gasteiger charge is -2.18. The van der Waals surface area contributed by atoms with Gasteiger partial charge in [0.2, 0.25) is 5.91 Å². The Kier molecular flexibility index (Phi) is 6.65. The lowest BCUT2D eigenvalue weighted by Crippen LogP contribution is -2.47. The van der Waals surface area contributed by atoms with Gasteiger partial charge in [0, 0.05) is 11.4 Å². The second-order valence-corrected chi connectivity index (χ2v) is 5.75. The zero-order valence-corrected chi connectivity index (χ0v) is 12.8. The molecule has 0 unspecified atom stereocenters. The molecule has 0 aliphatic heterocycles. The molecule has 0 spiro atoms.